The number of thiocarbonyl (C=S) groups is 1. The van der Waals surface area contributed by atoms with Gasteiger partial charge in [-0.2, -0.15) is 13.2 Å². The van der Waals surface area contributed by atoms with E-state index in [1.807, 2.05) is 18.2 Å². The highest BCUT2D eigenvalue weighted by Crippen LogP contribution is 2.32. The van der Waals surface area contributed by atoms with E-state index in [2.05, 4.69) is 10.6 Å². The molecular weight excluding hydrogens is 361 g/mol. The first-order valence-electron chi connectivity index (χ1n) is 8.28. The van der Waals surface area contributed by atoms with Crippen molar-refractivity contribution < 1.29 is 17.9 Å². The molecule has 0 saturated carbocycles. The van der Waals surface area contributed by atoms with Crippen LogP contribution in [0.3, 0.4) is 0 Å². The van der Waals surface area contributed by atoms with Gasteiger partial charge < -0.3 is 15.4 Å². The first-order valence-corrected chi connectivity index (χ1v) is 8.69. The lowest BCUT2D eigenvalue weighted by Gasteiger charge is -2.28. The molecule has 2 N–H and O–H groups in total. The molecule has 0 aliphatic heterocycles. The number of nitrogens with one attached hydrogen (secondary N) is 2. The molecule has 3 nitrogen and oxygen atoms in total. The summed E-state index contributed by atoms with van der Waals surface area (Å²) in [7, 11) is 1.64. The Balaban J connectivity index is 1.66. The number of rotatable bonds is 3. The average Bonchev–Trinajstić information content (AvgIpc) is 2.61. The Morgan fingerprint density at radius 2 is 1.88 bits per heavy atom. The zero-order chi connectivity index (χ0) is 18.7. The highest BCUT2D eigenvalue weighted by molar-refractivity contribution is 7.80. The second-order valence-corrected chi connectivity index (χ2v) is 6.59. The molecular formula is C19H19F3N2OS. The molecule has 0 radical (unpaired) electrons. The summed E-state index contributed by atoms with van der Waals surface area (Å²) in [5.41, 5.74) is 2.23. The fraction of sp³-hybridized carbons (Fsp3) is 0.316. The molecule has 0 spiro atoms. The van der Waals surface area contributed by atoms with Crippen molar-refractivity contribution in [3.8, 4) is 5.75 Å². The minimum absolute atomic E-state index is 0.0686. The van der Waals surface area contributed by atoms with E-state index in [4.69, 9.17) is 17.0 Å². The van der Waals surface area contributed by atoms with Crippen LogP contribution in [0.1, 0.15) is 35.6 Å². The molecule has 0 bridgehead atoms. The minimum Gasteiger partial charge on any atom is -0.497 e. The van der Waals surface area contributed by atoms with Crippen LogP contribution in [-0.4, -0.2) is 12.2 Å². The summed E-state index contributed by atoms with van der Waals surface area (Å²) in [6.07, 6.45) is -1.39. The van der Waals surface area contributed by atoms with Gasteiger partial charge in [0.2, 0.25) is 0 Å². The van der Waals surface area contributed by atoms with Crippen molar-refractivity contribution in [2.45, 2.75) is 31.5 Å². The van der Waals surface area contributed by atoms with E-state index in [0.717, 1.165) is 37.1 Å². The number of fused-ring (bicyclic) bond motifs is 1. The summed E-state index contributed by atoms with van der Waals surface area (Å²) >= 11 is 5.33. The lowest BCUT2D eigenvalue weighted by molar-refractivity contribution is -0.137. The van der Waals surface area contributed by atoms with Crippen LogP contribution in [-0.2, 0) is 12.6 Å². The molecule has 26 heavy (non-hydrogen) atoms. The summed E-state index contributed by atoms with van der Waals surface area (Å²) in [5, 5.41) is 6.60. The Bertz CT molecular complexity index is 790. The molecule has 1 atom stereocenters. The lowest BCUT2D eigenvalue weighted by atomic mass is 9.87. The molecule has 138 valence electrons. The van der Waals surface area contributed by atoms with Gasteiger partial charge in [0.15, 0.2) is 5.11 Å². The van der Waals surface area contributed by atoms with Gasteiger partial charge in [-0.05, 0) is 79.0 Å². The Kier molecular flexibility index (Phi) is 5.36. The van der Waals surface area contributed by atoms with Crippen LogP contribution in [0.4, 0.5) is 18.9 Å². The molecule has 2 aromatic carbocycles. The number of halogens is 3. The molecule has 1 aliphatic carbocycles. The quantitative estimate of drug-likeness (QED) is 0.728. The molecule has 0 saturated heterocycles. The van der Waals surface area contributed by atoms with E-state index in [9.17, 15) is 13.2 Å². The zero-order valence-corrected chi connectivity index (χ0v) is 15.0. The van der Waals surface area contributed by atoms with E-state index < -0.39 is 11.7 Å². The summed E-state index contributed by atoms with van der Waals surface area (Å²) in [5.74, 6) is 0.829. The van der Waals surface area contributed by atoms with Crippen molar-refractivity contribution in [1.29, 1.82) is 0 Å². The summed E-state index contributed by atoms with van der Waals surface area (Å²) in [6, 6.07) is 10.9. The molecule has 0 unspecified atom stereocenters. The molecule has 1 aliphatic rings. The maximum absolute atomic E-state index is 12.6. The minimum atomic E-state index is -4.34. The highest BCUT2D eigenvalue weighted by Gasteiger charge is 2.30. The molecule has 7 heteroatoms. The van der Waals surface area contributed by atoms with Gasteiger partial charge in [-0.1, -0.05) is 6.07 Å². The van der Waals surface area contributed by atoms with Gasteiger partial charge in [-0.25, -0.2) is 0 Å². The Hall–Kier alpha value is -2.28. The predicted octanol–water partition coefficient (Wildman–Crippen LogP) is 5.08. The topological polar surface area (TPSA) is 33.3 Å². The molecule has 2 aromatic rings. The number of benzene rings is 2. The molecule has 0 fully saturated rings. The van der Waals surface area contributed by atoms with E-state index in [-0.39, 0.29) is 6.04 Å². The van der Waals surface area contributed by atoms with Crippen LogP contribution in [0.25, 0.3) is 0 Å². The van der Waals surface area contributed by atoms with Crippen LogP contribution in [0.15, 0.2) is 42.5 Å². The summed E-state index contributed by atoms with van der Waals surface area (Å²) < 4.78 is 43.1. The van der Waals surface area contributed by atoms with E-state index >= 15 is 0 Å². The van der Waals surface area contributed by atoms with Crippen molar-refractivity contribution in [1.82, 2.24) is 5.32 Å². The van der Waals surface area contributed by atoms with Gasteiger partial charge in [0.25, 0.3) is 0 Å². The lowest BCUT2D eigenvalue weighted by Crippen LogP contribution is -2.34. The Morgan fingerprint density at radius 1 is 1.15 bits per heavy atom. The first kappa shape index (κ1) is 18.5. The van der Waals surface area contributed by atoms with Gasteiger partial charge >= 0.3 is 6.18 Å². The average molecular weight is 380 g/mol. The largest absolute Gasteiger partial charge is 0.497 e. The Labute approximate surface area is 155 Å². The van der Waals surface area contributed by atoms with E-state index in [0.29, 0.717) is 10.8 Å². The predicted molar refractivity (Wildman–Crippen MR) is 99.5 cm³/mol. The fourth-order valence-corrected chi connectivity index (χ4v) is 3.40. The molecule has 0 amide bonds. The van der Waals surface area contributed by atoms with Gasteiger partial charge in [-0.15, -0.1) is 0 Å². The Morgan fingerprint density at radius 3 is 2.54 bits per heavy atom. The van der Waals surface area contributed by atoms with Crippen molar-refractivity contribution in [3.05, 3.63) is 59.2 Å². The third kappa shape index (κ3) is 4.27. The monoisotopic (exact) mass is 380 g/mol. The summed E-state index contributed by atoms with van der Waals surface area (Å²) in [4.78, 5) is 0. The number of methoxy groups -OCH3 is 1. The third-order valence-corrected chi connectivity index (χ3v) is 4.66. The number of ether oxygens (including phenoxy) is 1. The van der Waals surface area contributed by atoms with E-state index in [1.165, 1.54) is 23.3 Å². The smallest absolute Gasteiger partial charge is 0.416 e. The fourth-order valence-electron chi connectivity index (χ4n) is 3.14. The van der Waals surface area contributed by atoms with Crippen LogP contribution in [0.2, 0.25) is 0 Å². The van der Waals surface area contributed by atoms with Crippen LogP contribution >= 0.6 is 12.2 Å². The van der Waals surface area contributed by atoms with Gasteiger partial charge in [0.1, 0.15) is 5.75 Å². The van der Waals surface area contributed by atoms with Crippen molar-refractivity contribution in [3.63, 3.8) is 0 Å². The normalized spacial score (nSPS) is 16.5. The number of alkyl halides is 3. The highest BCUT2D eigenvalue weighted by atomic mass is 32.1. The number of hydrogen-bond donors (Lipinski definition) is 2. The van der Waals surface area contributed by atoms with Gasteiger partial charge in [0, 0.05) is 5.69 Å². The SMILES string of the molecule is COc1ccc2c(c1)CCC[C@H]2NC(=S)Nc1ccc(C(F)(F)F)cc1. The van der Waals surface area contributed by atoms with Crippen LogP contribution in [0, 0.1) is 0 Å². The van der Waals surface area contributed by atoms with Crippen molar-refractivity contribution in [2.24, 2.45) is 0 Å². The summed E-state index contributed by atoms with van der Waals surface area (Å²) in [6.45, 7) is 0. The molecule has 0 aromatic heterocycles. The van der Waals surface area contributed by atoms with Gasteiger partial charge in [0.05, 0.1) is 18.7 Å². The van der Waals surface area contributed by atoms with E-state index in [1.54, 1.807) is 7.11 Å². The van der Waals surface area contributed by atoms with Crippen LogP contribution < -0.4 is 15.4 Å². The second kappa shape index (κ2) is 7.53. The number of aryl methyl sites for hydroxylation is 1. The molecule has 3 rings (SSSR count). The maximum atomic E-state index is 12.6. The second-order valence-electron chi connectivity index (χ2n) is 6.18. The number of hydrogen-bond acceptors (Lipinski definition) is 2. The third-order valence-electron chi connectivity index (χ3n) is 4.44. The maximum Gasteiger partial charge on any atom is 0.416 e. The van der Waals surface area contributed by atoms with Crippen molar-refractivity contribution >= 4 is 23.0 Å². The zero-order valence-electron chi connectivity index (χ0n) is 14.2. The first-order chi connectivity index (χ1) is 12.4. The van der Waals surface area contributed by atoms with Crippen molar-refractivity contribution in [2.75, 3.05) is 12.4 Å². The number of anilines is 1. The van der Waals surface area contributed by atoms with Crippen LogP contribution in [0.5, 0.6) is 5.75 Å². The molecule has 0 heterocycles. The standard InChI is InChI=1S/C19H19F3N2OS/c1-25-15-9-10-16-12(11-15)3-2-4-17(16)24-18(26)23-14-7-5-13(6-8-14)19(20,21)22/h5-11,17H,2-4H2,1H3,(H2,23,24,26)/t17-/m1/s1. The van der Waals surface area contributed by atoms with Gasteiger partial charge in [-0.3, -0.25) is 0 Å².